The van der Waals surface area contributed by atoms with Gasteiger partial charge in [0.1, 0.15) is 5.82 Å². The van der Waals surface area contributed by atoms with Crippen LogP contribution in [0.25, 0.3) is 0 Å². The maximum atomic E-state index is 13.5. The summed E-state index contributed by atoms with van der Waals surface area (Å²) in [6.45, 7) is 5.16. The molecule has 1 saturated heterocycles. The number of carbonyl (C=O) groups excluding carboxylic acids is 1. The van der Waals surface area contributed by atoms with Crippen molar-refractivity contribution in [3.63, 3.8) is 0 Å². The van der Waals surface area contributed by atoms with Crippen molar-refractivity contribution in [1.29, 1.82) is 0 Å². The van der Waals surface area contributed by atoms with Gasteiger partial charge >= 0.3 is 0 Å². The number of β-amino-alcohol motifs (C(OH)–C–C–N with tert-alkyl or cyclic N) is 1. The van der Waals surface area contributed by atoms with Gasteiger partial charge in [0.05, 0.1) is 18.3 Å². The van der Waals surface area contributed by atoms with E-state index in [0.717, 1.165) is 6.42 Å². The van der Waals surface area contributed by atoms with E-state index in [9.17, 15) is 14.3 Å². The molecule has 2 atom stereocenters. The molecule has 3 rings (SSSR count). The minimum Gasteiger partial charge on any atom is -0.391 e. The smallest absolute Gasteiger partial charge is 0.276 e. The van der Waals surface area contributed by atoms with Crippen LogP contribution in [0.15, 0.2) is 30.5 Å². The van der Waals surface area contributed by atoms with Gasteiger partial charge in [0, 0.05) is 13.1 Å². The minimum absolute atomic E-state index is 0.207. The lowest BCUT2D eigenvalue weighted by Crippen LogP contribution is -2.32. The molecular weight excluding hydrogens is 323 g/mol. The van der Waals surface area contributed by atoms with Crippen LogP contribution in [0.5, 0.6) is 0 Å². The molecule has 6 nitrogen and oxygen atoms in total. The predicted octanol–water partition coefficient (Wildman–Crippen LogP) is 2.41. The third kappa shape index (κ3) is 4.04. The number of amides is 1. The zero-order valence-electron chi connectivity index (χ0n) is 14.5. The largest absolute Gasteiger partial charge is 0.391 e. The van der Waals surface area contributed by atoms with Crippen molar-refractivity contribution in [1.82, 2.24) is 19.9 Å². The van der Waals surface area contributed by atoms with Crippen LogP contribution in [0.4, 0.5) is 4.39 Å². The Kier molecular flexibility index (Phi) is 5.13. The van der Waals surface area contributed by atoms with Crippen LogP contribution in [-0.4, -0.2) is 43.6 Å². The average molecular weight is 346 g/mol. The van der Waals surface area contributed by atoms with E-state index < -0.39 is 6.10 Å². The number of hydrogen-bond donors (Lipinski definition) is 1. The average Bonchev–Trinajstić information content (AvgIpc) is 3.19. The predicted molar refractivity (Wildman–Crippen MR) is 90.3 cm³/mol. The SMILES string of the molecule is CC(C)CCn1cc(C(=O)N2CC(O)CC2c2cccc(F)c2)nn1. The maximum Gasteiger partial charge on any atom is 0.276 e. The van der Waals surface area contributed by atoms with E-state index in [1.54, 1.807) is 27.9 Å². The molecule has 0 aliphatic carbocycles. The Balaban J connectivity index is 1.78. The van der Waals surface area contributed by atoms with E-state index in [1.165, 1.54) is 12.1 Å². The normalized spacial score (nSPS) is 20.4. The van der Waals surface area contributed by atoms with Crippen LogP contribution in [0.3, 0.4) is 0 Å². The van der Waals surface area contributed by atoms with Crippen molar-refractivity contribution in [2.75, 3.05) is 6.54 Å². The molecule has 2 heterocycles. The van der Waals surface area contributed by atoms with Crippen LogP contribution < -0.4 is 0 Å². The fraction of sp³-hybridized carbons (Fsp3) is 0.500. The Hall–Kier alpha value is -2.28. The quantitative estimate of drug-likeness (QED) is 0.902. The number of rotatable bonds is 5. The summed E-state index contributed by atoms with van der Waals surface area (Å²) in [4.78, 5) is 14.4. The Morgan fingerprint density at radius 1 is 1.44 bits per heavy atom. The maximum absolute atomic E-state index is 13.5. The summed E-state index contributed by atoms with van der Waals surface area (Å²) >= 11 is 0. The van der Waals surface area contributed by atoms with Crippen LogP contribution in [0.1, 0.15) is 48.8 Å². The van der Waals surface area contributed by atoms with Crippen molar-refractivity contribution in [2.24, 2.45) is 5.92 Å². The lowest BCUT2D eigenvalue weighted by Gasteiger charge is -2.23. The van der Waals surface area contributed by atoms with Gasteiger partial charge in [-0.05, 0) is 36.5 Å². The molecule has 1 amide bonds. The first kappa shape index (κ1) is 17.5. The van der Waals surface area contributed by atoms with E-state index >= 15 is 0 Å². The first-order chi connectivity index (χ1) is 11.9. The summed E-state index contributed by atoms with van der Waals surface area (Å²) in [6.07, 6.45) is 2.34. The van der Waals surface area contributed by atoms with Crippen molar-refractivity contribution in [2.45, 2.75) is 45.4 Å². The van der Waals surface area contributed by atoms with Gasteiger partial charge in [0.15, 0.2) is 5.69 Å². The Bertz CT molecular complexity index is 746. The van der Waals surface area contributed by atoms with Gasteiger partial charge in [0.25, 0.3) is 5.91 Å². The number of nitrogens with zero attached hydrogens (tertiary/aromatic N) is 4. The summed E-state index contributed by atoms with van der Waals surface area (Å²) in [6, 6.07) is 5.79. The van der Waals surface area contributed by atoms with E-state index in [0.29, 0.717) is 24.4 Å². The van der Waals surface area contributed by atoms with E-state index in [2.05, 4.69) is 24.2 Å². The lowest BCUT2D eigenvalue weighted by atomic mass is 10.0. The second-order valence-electron chi connectivity index (χ2n) is 6.97. The number of carbonyl (C=O) groups is 1. The number of hydrogen-bond acceptors (Lipinski definition) is 4. The van der Waals surface area contributed by atoms with Gasteiger partial charge in [-0.25, -0.2) is 4.39 Å². The molecule has 134 valence electrons. The van der Waals surface area contributed by atoms with Crippen LogP contribution in [0.2, 0.25) is 0 Å². The molecule has 0 bridgehead atoms. The first-order valence-corrected chi connectivity index (χ1v) is 8.58. The highest BCUT2D eigenvalue weighted by molar-refractivity contribution is 5.92. The van der Waals surface area contributed by atoms with E-state index in [4.69, 9.17) is 0 Å². The molecule has 1 N–H and O–H groups in total. The number of likely N-dealkylation sites (tertiary alicyclic amines) is 1. The van der Waals surface area contributed by atoms with Crippen molar-refractivity contribution >= 4 is 5.91 Å². The summed E-state index contributed by atoms with van der Waals surface area (Å²) in [5.74, 6) is -0.109. The van der Waals surface area contributed by atoms with E-state index in [-0.39, 0.29) is 30.0 Å². The first-order valence-electron chi connectivity index (χ1n) is 8.58. The van der Waals surface area contributed by atoms with Crippen molar-refractivity contribution in [3.05, 3.63) is 47.5 Å². The Morgan fingerprint density at radius 3 is 2.96 bits per heavy atom. The standard InChI is InChI=1S/C18H23FN4O2/c1-12(2)6-7-22-11-16(20-21-22)18(25)23-10-15(24)9-17(23)13-4-3-5-14(19)8-13/h3-5,8,11-12,15,17,24H,6-7,9-10H2,1-2H3. The lowest BCUT2D eigenvalue weighted by molar-refractivity contribution is 0.0709. The zero-order valence-corrected chi connectivity index (χ0v) is 14.5. The third-order valence-electron chi connectivity index (χ3n) is 4.47. The zero-order chi connectivity index (χ0) is 18.0. The van der Waals surface area contributed by atoms with Gasteiger partial charge in [-0.15, -0.1) is 5.10 Å². The van der Waals surface area contributed by atoms with Crippen molar-refractivity contribution < 1.29 is 14.3 Å². The molecule has 1 aromatic heterocycles. The fourth-order valence-corrected chi connectivity index (χ4v) is 3.11. The Labute approximate surface area is 146 Å². The number of halogens is 1. The van der Waals surface area contributed by atoms with Crippen LogP contribution in [0, 0.1) is 11.7 Å². The molecule has 2 aromatic rings. The van der Waals surface area contributed by atoms with Crippen LogP contribution in [-0.2, 0) is 6.54 Å². The highest BCUT2D eigenvalue weighted by Gasteiger charge is 2.36. The summed E-state index contributed by atoms with van der Waals surface area (Å²) in [5.41, 5.74) is 0.927. The molecule has 2 unspecified atom stereocenters. The van der Waals surface area contributed by atoms with Crippen LogP contribution >= 0.6 is 0 Å². The molecular formula is C18H23FN4O2. The Morgan fingerprint density at radius 2 is 2.24 bits per heavy atom. The number of aromatic nitrogens is 3. The van der Waals surface area contributed by atoms with Gasteiger partial charge in [-0.3, -0.25) is 9.48 Å². The monoisotopic (exact) mass is 346 g/mol. The third-order valence-corrected chi connectivity index (χ3v) is 4.47. The highest BCUT2D eigenvalue weighted by atomic mass is 19.1. The van der Waals surface area contributed by atoms with Gasteiger partial charge in [0.2, 0.25) is 0 Å². The van der Waals surface area contributed by atoms with Gasteiger partial charge in [-0.2, -0.15) is 0 Å². The number of aliphatic hydroxyl groups excluding tert-OH is 1. The molecule has 1 aliphatic rings. The van der Waals surface area contributed by atoms with E-state index in [1.807, 2.05) is 0 Å². The molecule has 1 aromatic carbocycles. The minimum atomic E-state index is -0.631. The molecule has 1 fully saturated rings. The number of aryl methyl sites for hydroxylation is 1. The molecule has 25 heavy (non-hydrogen) atoms. The van der Waals surface area contributed by atoms with Crippen molar-refractivity contribution in [3.8, 4) is 0 Å². The second-order valence-corrected chi connectivity index (χ2v) is 6.97. The number of aliphatic hydroxyl groups is 1. The van der Waals surface area contributed by atoms with Gasteiger partial charge < -0.3 is 10.0 Å². The summed E-state index contributed by atoms with van der Waals surface area (Å²) < 4.78 is 15.2. The summed E-state index contributed by atoms with van der Waals surface area (Å²) in [7, 11) is 0. The summed E-state index contributed by atoms with van der Waals surface area (Å²) in [5, 5.41) is 18.0. The second kappa shape index (κ2) is 7.31. The fourth-order valence-electron chi connectivity index (χ4n) is 3.11. The molecule has 0 spiro atoms. The molecule has 0 radical (unpaired) electrons. The molecule has 0 saturated carbocycles. The highest BCUT2D eigenvalue weighted by Crippen LogP contribution is 2.33. The molecule has 1 aliphatic heterocycles. The van der Waals surface area contributed by atoms with Gasteiger partial charge in [-0.1, -0.05) is 31.2 Å². The molecule has 7 heteroatoms. The topological polar surface area (TPSA) is 71.2 Å². The number of benzene rings is 1.